The van der Waals surface area contributed by atoms with E-state index in [1.165, 1.54) is 5.56 Å². The number of nitrogens with zero attached hydrogens (tertiary/aromatic N) is 3. The minimum Gasteiger partial charge on any atom is -0.353 e. The maximum absolute atomic E-state index is 13.2. The summed E-state index contributed by atoms with van der Waals surface area (Å²) in [6.45, 7) is 9.40. The number of amides is 2. The number of hydrogen-bond acceptors (Lipinski definition) is 4. The fourth-order valence-corrected chi connectivity index (χ4v) is 4.53. The van der Waals surface area contributed by atoms with Crippen LogP contribution in [-0.2, 0) is 16.0 Å². The largest absolute Gasteiger partial charge is 0.353 e. The zero-order valence-electron chi connectivity index (χ0n) is 19.6. The van der Waals surface area contributed by atoms with E-state index in [0.717, 1.165) is 60.6 Å². The highest BCUT2D eigenvalue weighted by Crippen LogP contribution is 2.29. The highest BCUT2D eigenvalue weighted by atomic mass is 16.2. The van der Waals surface area contributed by atoms with Crippen molar-refractivity contribution in [3.8, 4) is 0 Å². The molecule has 2 aromatic rings. The molecule has 1 aliphatic carbocycles. The zero-order chi connectivity index (χ0) is 22.8. The predicted molar refractivity (Wildman–Crippen MR) is 125 cm³/mol. The molecule has 2 fully saturated rings. The van der Waals surface area contributed by atoms with Gasteiger partial charge in [0.25, 0.3) is 0 Å². The molecule has 4 rings (SSSR count). The van der Waals surface area contributed by atoms with Crippen molar-refractivity contribution in [3.63, 3.8) is 0 Å². The van der Waals surface area contributed by atoms with Crippen LogP contribution in [0, 0.1) is 20.8 Å². The Morgan fingerprint density at radius 2 is 1.72 bits per heavy atom. The van der Waals surface area contributed by atoms with Crippen molar-refractivity contribution in [2.45, 2.75) is 77.7 Å². The van der Waals surface area contributed by atoms with Crippen molar-refractivity contribution in [2.75, 3.05) is 13.1 Å². The molecule has 0 radical (unpaired) electrons. The van der Waals surface area contributed by atoms with Crippen LogP contribution in [0.4, 0.5) is 0 Å². The van der Waals surface area contributed by atoms with Crippen LogP contribution in [0.1, 0.15) is 78.3 Å². The predicted octanol–water partition coefficient (Wildman–Crippen LogP) is 3.73. The minimum atomic E-state index is -0.161. The lowest BCUT2D eigenvalue weighted by atomic mass is 9.93. The monoisotopic (exact) mass is 434 g/mol. The molecule has 0 unspecified atom stereocenters. The van der Waals surface area contributed by atoms with Crippen LogP contribution in [0.5, 0.6) is 0 Å². The van der Waals surface area contributed by atoms with Gasteiger partial charge in [0.05, 0.1) is 12.3 Å². The second-order valence-electron chi connectivity index (χ2n) is 9.51. The van der Waals surface area contributed by atoms with E-state index < -0.39 is 0 Å². The van der Waals surface area contributed by atoms with Gasteiger partial charge in [-0.3, -0.25) is 9.59 Å². The van der Waals surface area contributed by atoms with Crippen molar-refractivity contribution in [1.29, 1.82) is 0 Å². The molecular formula is C26H34N4O2. The summed E-state index contributed by atoms with van der Waals surface area (Å²) < 4.78 is 0. The van der Waals surface area contributed by atoms with Crippen molar-refractivity contribution in [1.82, 2.24) is 20.2 Å². The van der Waals surface area contributed by atoms with E-state index in [1.807, 2.05) is 37.8 Å². The van der Waals surface area contributed by atoms with Gasteiger partial charge in [-0.15, -0.1) is 0 Å². The molecule has 1 aliphatic heterocycles. The highest BCUT2D eigenvalue weighted by Gasteiger charge is 2.30. The van der Waals surface area contributed by atoms with Gasteiger partial charge in [-0.1, -0.05) is 29.8 Å². The summed E-state index contributed by atoms with van der Waals surface area (Å²) >= 11 is 0. The lowest BCUT2D eigenvalue weighted by Gasteiger charge is -2.34. The van der Waals surface area contributed by atoms with Crippen molar-refractivity contribution >= 4 is 11.8 Å². The number of aromatic nitrogens is 2. The van der Waals surface area contributed by atoms with Gasteiger partial charge in [-0.2, -0.15) is 0 Å². The first-order valence-electron chi connectivity index (χ1n) is 11.8. The van der Waals surface area contributed by atoms with E-state index in [4.69, 9.17) is 9.97 Å². The Kier molecular flexibility index (Phi) is 6.58. The summed E-state index contributed by atoms with van der Waals surface area (Å²) in [5.41, 5.74) is 4.91. The van der Waals surface area contributed by atoms with Crippen LogP contribution in [0.25, 0.3) is 0 Å². The van der Waals surface area contributed by atoms with Crippen LogP contribution in [-0.4, -0.2) is 45.8 Å². The number of nitrogens with one attached hydrogen (secondary N) is 1. The molecule has 2 amide bonds. The first-order valence-corrected chi connectivity index (χ1v) is 11.8. The summed E-state index contributed by atoms with van der Waals surface area (Å²) in [4.78, 5) is 37.0. The molecule has 0 spiro atoms. The Labute approximate surface area is 190 Å². The highest BCUT2D eigenvalue weighted by molar-refractivity contribution is 5.83. The molecule has 2 heterocycles. The van der Waals surface area contributed by atoms with Crippen LogP contribution in [0.2, 0.25) is 0 Å². The van der Waals surface area contributed by atoms with E-state index in [-0.39, 0.29) is 23.7 Å². The Morgan fingerprint density at radius 3 is 2.34 bits per heavy atom. The van der Waals surface area contributed by atoms with Gasteiger partial charge < -0.3 is 10.2 Å². The number of piperidine rings is 1. The summed E-state index contributed by atoms with van der Waals surface area (Å²) in [7, 11) is 0. The first-order chi connectivity index (χ1) is 15.3. The first kappa shape index (κ1) is 22.4. The van der Waals surface area contributed by atoms with Gasteiger partial charge >= 0.3 is 0 Å². The number of likely N-dealkylation sites (tertiary alicyclic amines) is 1. The molecule has 1 saturated carbocycles. The molecule has 1 N–H and O–H groups in total. The molecule has 2 atom stereocenters. The molecule has 1 aromatic carbocycles. The smallest absolute Gasteiger partial charge is 0.229 e. The van der Waals surface area contributed by atoms with Gasteiger partial charge in [-0.25, -0.2) is 9.97 Å². The number of carbonyl (C=O) groups excluding carboxylic acids is 2. The van der Waals surface area contributed by atoms with E-state index in [1.54, 1.807) is 0 Å². The fraction of sp³-hybridized carbons (Fsp3) is 0.538. The van der Waals surface area contributed by atoms with Gasteiger partial charge in [0.15, 0.2) is 0 Å². The third kappa shape index (κ3) is 5.17. The summed E-state index contributed by atoms with van der Waals surface area (Å²) in [6.07, 6.45) is 4.42. The maximum Gasteiger partial charge on any atom is 0.229 e. The standard InChI is InChI=1S/C26H34N4O2/c1-16-7-9-20(10-8-16)17(2)26(32)30-13-5-6-21(15-30)25-27-18(3)23(19(4)28-25)14-24(31)29-22-11-12-22/h7-10,17,21-22H,5-6,11-15H2,1-4H3,(H,29,31)/t17-,21+/m0/s1. The third-order valence-electron chi connectivity index (χ3n) is 6.76. The topological polar surface area (TPSA) is 75.2 Å². The number of rotatable bonds is 6. The number of benzene rings is 1. The van der Waals surface area contributed by atoms with Gasteiger partial charge in [-0.05, 0) is 58.9 Å². The summed E-state index contributed by atoms with van der Waals surface area (Å²) in [5, 5.41) is 3.04. The summed E-state index contributed by atoms with van der Waals surface area (Å²) in [6, 6.07) is 8.57. The molecule has 32 heavy (non-hydrogen) atoms. The fourth-order valence-electron chi connectivity index (χ4n) is 4.53. The van der Waals surface area contributed by atoms with Crippen LogP contribution >= 0.6 is 0 Å². The summed E-state index contributed by atoms with van der Waals surface area (Å²) in [5.74, 6) is 0.984. The molecule has 6 heteroatoms. The maximum atomic E-state index is 13.2. The van der Waals surface area contributed by atoms with Gasteiger partial charge in [0.1, 0.15) is 5.82 Å². The molecule has 1 aromatic heterocycles. The van der Waals surface area contributed by atoms with Crippen molar-refractivity contribution < 1.29 is 9.59 Å². The third-order valence-corrected chi connectivity index (χ3v) is 6.76. The molecular weight excluding hydrogens is 400 g/mol. The van der Waals surface area contributed by atoms with Crippen molar-refractivity contribution in [3.05, 3.63) is 58.2 Å². The van der Waals surface area contributed by atoms with Crippen molar-refractivity contribution in [2.24, 2.45) is 0 Å². The minimum absolute atomic E-state index is 0.0505. The zero-order valence-corrected chi connectivity index (χ0v) is 19.6. The van der Waals surface area contributed by atoms with E-state index >= 15 is 0 Å². The average molecular weight is 435 g/mol. The molecule has 0 bridgehead atoms. The Hall–Kier alpha value is -2.76. The van der Waals surface area contributed by atoms with E-state index in [0.29, 0.717) is 19.0 Å². The SMILES string of the molecule is Cc1ccc([C@H](C)C(=O)N2CCC[C@@H](c3nc(C)c(CC(=O)NC4CC4)c(C)n3)C2)cc1. The second kappa shape index (κ2) is 9.39. The number of carbonyl (C=O) groups is 2. The second-order valence-corrected chi connectivity index (χ2v) is 9.51. The number of aryl methyl sites for hydroxylation is 3. The van der Waals surface area contributed by atoms with Crippen LogP contribution < -0.4 is 5.32 Å². The number of hydrogen-bond donors (Lipinski definition) is 1. The molecule has 6 nitrogen and oxygen atoms in total. The van der Waals surface area contributed by atoms with Gasteiger partial charge in [0, 0.05) is 42.0 Å². The normalized spacial score (nSPS) is 19.5. The lowest BCUT2D eigenvalue weighted by Crippen LogP contribution is -2.41. The Bertz CT molecular complexity index is 974. The van der Waals surface area contributed by atoms with Crippen LogP contribution in [0.3, 0.4) is 0 Å². The molecule has 2 aliphatic rings. The van der Waals surface area contributed by atoms with Crippen LogP contribution in [0.15, 0.2) is 24.3 Å². The molecule has 170 valence electrons. The Balaban J connectivity index is 1.44. The Morgan fingerprint density at radius 1 is 1.06 bits per heavy atom. The van der Waals surface area contributed by atoms with Gasteiger partial charge in [0.2, 0.25) is 11.8 Å². The quantitative estimate of drug-likeness (QED) is 0.752. The van der Waals surface area contributed by atoms with E-state index in [2.05, 4.69) is 24.4 Å². The average Bonchev–Trinajstić information content (AvgIpc) is 3.59. The van der Waals surface area contributed by atoms with E-state index in [9.17, 15) is 9.59 Å². The lowest BCUT2D eigenvalue weighted by molar-refractivity contribution is -0.133. The molecule has 1 saturated heterocycles.